The van der Waals surface area contributed by atoms with Crippen molar-refractivity contribution in [1.29, 1.82) is 0 Å². The van der Waals surface area contributed by atoms with Crippen LogP contribution in [0.5, 0.6) is 0 Å². The summed E-state index contributed by atoms with van der Waals surface area (Å²) >= 11 is 2.65. The molecule has 2 aromatic heterocycles. The van der Waals surface area contributed by atoms with E-state index in [-0.39, 0.29) is 30.6 Å². The number of thiazole rings is 1. The van der Waals surface area contributed by atoms with Gasteiger partial charge in [0.25, 0.3) is 5.91 Å². The summed E-state index contributed by atoms with van der Waals surface area (Å²) in [7, 11) is 0. The highest BCUT2D eigenvalue weighted by Gasteiger charge is 2.08. The molecule has 0 spiro atoms. The number of carbonyl (C=O) groups excluding carboxylic acids is 2. The Kier molecular flexibility index (Phi) is 6.08. The molecular weight excluding hydrogens is 373 g/mol. The summed E-state index contributed by atoms with van der Waals surface area (Å²) in [4.78, 5) is 29.1. The molecule has 2 amide bonds. The van der Waals surface area contributed by atoms with Gasteiger partial charge in [-0.1, -0.05) is 24.3 Å². The second-order valence-corrected chi connectivity index (χ2v) is 7.21. The van der Waals surface area contributed by atoms with E-state index < -0.39 is 0 Å². The van der Waals surface area contributed by atoms with Gasteiger partial charge in [0.1, 0.15) is 5.82 Å². The van der Waals surface area contributed by atoms with Crippen LogP contribution in [-0.2, 0) is 11.3 Å². The number of thiophene rings is 1. The van der Waals surface area contributed by atoms with E-state index in [4.69, 9.17) is 0 Å². The van der Waals surface area contributed by atoms with Crippen LogP contribution in [0, 0.1) is 5.82 Å². The molecule has 0 aliphatic carbocycles. The van der Waals surface area contributed by atoms with Gasteiger partial charge in [0, 0.05) is 30.1 Å². The molecule has 3 aromatic rings. The molecule has 8 heteroatoms. The molecule has 26 heavy (non-hydrogen) atoms. The van der Waals surface area contributed by atoms with E-state index >= 15 is 0 Å². The van der Waals surface area contributed by atoms with E-state index in [1.807, 2.05) is 5.38 Å². The first-order valence-electron chi connectivity index (χ1n) is 7.90. The number of aromatic nitrogens is 1. The Labute approximate surface area is 157 Å². The molecule has 1 N–H and O–H groups in total. The van der Waals surface area contributed by atoms with Gasteiger partial charge >= 0.3 is 0 Å². The number of carbonyl (C=O) groups is 2. The minimum Gasteiger partial charge on any atom is -0.351 e. The normalized spacial score (nSPS) is 11.5. The number of rotatable bonds is 6. The van der Waals surface area contributed by atoms with Crippen molar-refractivity contribution in [2.24, 2.45) is 4.99 Å². The maximum Gasteiger partial charge on any atom is 0.261 e. The lowest BCUT2D eigenvalue weighted by Crippen LogP contribution is -2.25. The molecule has 0 aliphatic heterocycles. The Morgan fingerprint density at radius 2 is 1.96 bits per heavy atom. The monoisotopic (exact) mass is 389 g/mol. The van der Waals surface area contributed by atoms with Crippen molar-refractivity contribution < 1.29 is 14.0 Å². The summed E-state index contributed by atoms with van der Waals surface area (Å²) < 4.78 is 15.5. The Morgan fingerprint density at radius 1 is 1.12 bits per heavy atom. The third kappa shape index (κ3) is 4.74. The Hall–Kier alpha value is -2.58. The molecule has 0 bridgehead atoms. The molecule has 0 atom stereocenters. The smallest absolute Gasteiger partial charge is 0.261 e. The molecular formula is C18H16FN3O2S2. The highest BCUT2D eigenvalue weighted by molar-refractivity contribution is 7.12. The van der Waals surface area contributed by atoms with E-state index in [1.54, 1.807) is 46.5 Å². The lowest BCUT2D eigenvalue weighted by Gasteiger charge is -2.04. The second-order valence-electron chi connectivity index (χ2n) is 5.39. The van der Waals surface area contributed by atoms with Crippen molar-refractivity contribution >= 4 is 34.5 Å². The van der Waals surface area contributed by atoms with Gasteiger partial charge in [-0.2, -0.15) is 4.99 Å². The first-order valence-corrected chi connectivity index (χ1v) is 9.66. The SMILES string of the molecule is O=C(CCNC(=O)c1cccs1)N=c1sccn1Cc1ccccc1F. The molecule has 0 unspecified atom stereocenters. The number of hydrogen-bond acceptors (Lipinski definition) is 4. The minimum atomic E-state index is -0.332. The molecule has 5 nitrogen and oxygen atoms in total. The number of nitrogens with zero attached hydrogens (tertiary/aromatic N) is 2. The average Bonchev–Trinajstić information content (AvgIpc) is 3.29. The highest BCUT2D eigenvalue weighted by Crippen LogP contribution is 2.08. The van der Waals surface area contributed by atoms with Crippen LogP contribution < -0.4 is 10.1 Å². The molecule has 3 rings (SSSR count). The fourth-order valence-electron chi connectivity index (χ4n) is 2.26. The van der Waals surface area contributed by atoms with Crippen LogP contribution in [0.4, 0.5) is 4.39 Å². The van der Waals surface area contributed by atoms with Gasteiger partial charge in [-0.25, -0.2) is 4.39 Å². The van der Waals surface area contributed by atoms with Crippen molar-refractivity contribution in [2.75, 3.05) is 6.54 Å². The summed E-state index contributed by atoms with van der Waals surface area (Å²) in [5.41, 5.74) is 0.531. The van der Waals surface area contributed by atoms with Crippen molar-refractivity contribution in [3.63, 3.8) is 0 Å². The van der Waals surface area contributed by atoms with E-state index in [2.05, 4.69) is 10.3 Å². The Bertz CT molecular complexity index is 961. The molecule has 0 aliphatic rings. The standard InChI is InChI=1S/C18H16FN3O2S2/c19-14-5-2-1-4-13(14)12-22-9-11-26-18(22)21-16(23)7-8-20-17(24)15-6-3-10-25-15/h1-6,9-11H,7-8,12H2,(H,20,24). The zero-order valence-electron chi connectivity index (χ0n) is 13.7. The van der Waals surface area contributed by atoms with Gasteiger partial charge in [-0.15, -0.1) is 22.7 Å². The van der Waals surface area contributed by atoms with Crippen molar-refractivity contribution in [3.05, 3.63) is 74.4 Å². The van der Waals surface area contributed by atoms with Crippen LogP contribution in [0.1, 0.15) is 21.7 Å². The molecule has 1 aromatic carbocycles. The summed E-state index contributed by atoms with van der Waals surface area (Å²) in [6.07, 6.45) is 1.87. The second kappa shape index (κ2) is 8.68. The highest BCUT2D eigenvalue weighted by atomic mass is 32.1. The number of halogens is 1. The molecule has 0 saturated heterocycles. The van der Waals surface area contributed by atoms with Gasteiger partial charge in [0.15, 0.2) is 4.80 Å². The minimum absolute atomic E-state index is 0.106. The summed E-state index contributed by atoms with van der Waals surface area (Å²) in [5, 5.41) is 6.31. The fraction of sp³-hybridized carbons (Fsp3) is 0.167. The number of amides is 2. The topological polar surface area (TPSA) is 63.5 Å². The quantitative estimate of drug-likeness (QED) is 0.704. The lowest BCUT2D eigenvalue weighted by atomic mass is 10.2. The summed E-state index contributed by atoms with van der Waals surface area (Å²) in [5.74, 6) is -0.820. The lowest BCUT2D eigenvalue weighted by molar-refractivity contribution is -0.117. The zero-order chi connectivity index (χ0) is 18.4. The van der Waals surface area contributed by atoms with Gasteiger partial charge < -0.3 is 9.88 Å². The van der Waals surface area contributed by atoms with Crippen LogP contribution in [0.3, 0.4) is 0 Å². The maximum absolute atomic E-state index is 13.8. The van der Waals surface area contributed by atoms with Crippen LogP contribution in [0.25, 0.3) is 0 Å². The predicted molar refractivity (Wildman–Crippen MR) is 99.7 cm³/mol. The van der Waals surface area contributed by atoms with E-state index in [0.717, 1.165) is 0 Å². The predicted octanol–water partition coefficient (Wildman–Crippen LogP) is 3.05. The van der Waals surface area contributed by atoms with Crippen molar-refractivity contribution in [2.45, 2.75) is 13.0 Å². The Balaban J connectivity index is 1.60. The Morgan fingerprint density at radius 3 is 2.73 bits per heavy atom. The third-order valence-electron chi connectivity index (χ3n) is 3.55. The van der Waals surface area contributed by atoms with Gasteiger partial charge in [0.05, 0.1) is 11.4 Å². The van der Waals surface area contributed by atoms with Crippen LogP contribution in [-0.4, -0.2) is 22.9 Å². The van der Waals surface area contributed by atoms with Gasteiger partial charge in [-0.3, -0.25) is 9.59 Å². The summed E-state index contributed by atoms with van der Waals surface area (Å²) in [6, 6.07) is 10.0. The molecule has 0 radical (unpaired) electrons. The number of nitrogens with one attached hydrogen (secondary N) is 1. The molecule has 134 valence electrons. The average molecular weight is 389 g/mol. The van der Waals surface area contributed by atoms with Crippen LogP contribution in [0.2, 0.25) is 0 Å². The van der Waals surface area contributed by atoms with Crippen LogP contribution >= 0.6 is 22.7 Å². The first kappa shape index (κ1) is 18.2. The van der Waals surface area contributed by atoms with E-state index in [0.29, 0.717) is 21.8 Å². The molecule has 0 fully saturated rings. The van der Waals surface area contributed by atoms with E-state index in [1.165, 1.54) is 28.7 Å². The van der Waals surface area contributed by atoms with Gasteiger partial charge in [-0.05, 0) is 17.5 Å². The van der Waals surface area contributed by atoms with Crippen molar-refractivity contribution in [1.82, 2.24) is 9.88 Å². The number of benzene rings is 1. The van der Waals surface area contributed by atoms with Crippen LogP contribution in [0.15, 0.2) is 58.3 Å². The first-order chi connectivity index (χ1) is 12.6. The largest absolute Gasteiger partial charge is 0.351 e. The number of hydrogen-bond donors (Lipinski definition) is 1. The van der Waals surface area contributed by atoms with E-state index in [9.17, 15) is 14.0 Å². The fourth-order valence-corrected chi connectivity index (χ4v) is 3.64. The molecule has 0 saturated carbocycles. The third-order valence-corrected chi connectivity index (χ3v) is 5.21. The van der Waals surface area contributed by atoms with Gasteiger partial charge in [0.2, 0.25) is 5.91 Å². The zero-order valence-corrected chi connectivity index (χ0v) is 15.4. The van der Waals surface area contributed by atoms with Crippen molar-refractivity contribution in [3.8, 4) is 0 Å². The maximum atomic E-state index is 13.8. The molecule has 2 heterocycles. The summed E-state index contributed by atoms with van der Waals surface area (Å²) in [6.45, 7) is 0.523.